The lowest BCUT2D eigenvalue weighted by molar-refractivity contribution is -0.274. The highest BCUT2D eigenvalue weighted by molar-refractivity contribution is 7.89. The second kappa shape index (κ2) is 7.21. The minimum atomic E-state index is -4.86. The lowest BCUT2D eigenvalue weighted by Gasteiger charge is -2.13. The van der Waals surface area contributed by atoms with Gasteiger partial charge in [-0.15, -0.1) is 13.2 Å². The third-order valence-electron chi connectivity index (χ3n) is 3.66. The fraction of sp³-hybridized carbons (Fsp3) is 0.0556. The summed E-state index contributed by atoms with van der Waals surface area (Å²) in [6.45, 7) is 0. The van der Waals surface area contributed by atoms with E-state index in [9.17, 15) is 26.0 Å². The number of ether oxygens (including phenoxy) is 1. The molecule has 28 heavy (non-hydrogen) atoms. The van der Waals surface area contributed by atoms with E-state index < -0.39 is 32.8 Å². The van der Waals surface area contributed by atoms with Crippen LogP contribution in [0.3, 0.4) is 0 Å². The zero-order valence-electron chi connectivity index (χ0n) is 13.9. The van der Waals surface area contributed by atoms with Gasteiger partial charge in [0.15, 0.2) is 0 Å². The number of sulfonamides is 1. The van der Waals surface area contributed by atoms with E-state index in [1.165, 1.54) is 24.4 Å². The van der Waals surface area contributed by atoms with Crippen molar-refractivity contribution in [1.29, 1.82) is 0 Å². The van der Waals surface area contributed by atoms with E-state index in [0.717, 1.165) is 30.3 Å². The molecule has 146 valence electrons. The first-order valence-electron chi connectivity index (χ1n) is 7.68. The number of halogens is 4. The number of pyridine rings is 1. The molecule has 0 aliphatic rings. The predicted molar refractivity (Wildman–Crippen MR) is 93.1 cm³/mol. The summed E-state index contributed by atoms with van der Waals surface area (Å²) in [5, 5.41) is 5.06. The van der Waals surface area contributed by atoms with Gasteiger partial charge in [0.2, 0.25) is 10.0 Å². The van der Waals surface area contributed by atoms with Gasteiger partial charge >= 0.3 is 6.36 Å². The van der Waals surface area contributed by atoms with Crippen LogP contribution in [-0.2, 0) is 10.0 Å². The number of nitrogens with zero attached hydrogens (tertiary/aromatic N) is 1. The smallest absolute Gasteiger partial charge is 0.406 e. The van der Waals surface area contributed by atoms with E-state index in [4.69, 9.17) is 5.14 Å². The Morgan fingerprint density at radius 2 is 1.71 bits per heavy atom. The van der Waals surface area contributed by atoms with Crippen molar-refractivity contribution in [2.45, 2.75) is 11.3 Å². The van der Waals surface area contributed by atoms with Gasteiger partial charge in [-0.1, -0.05) is 18.2 Å². The van der Waals surface area contributed by atoms with Crippen LogP contribution in [-0.4, -0.2) is 19.8 Å². The number of hydrogen-bond donors (Lipinski definition) is 1. The average Bonchev–Trinajstić information content (AvgIpc) is 2.59. The number of nitrogens with two attached hydrogens (primary N) is 1. The molecule has 0 atom stereocenters. The summed E-state index contributed by atoms with van der Waals surface area (Å²) >= 11 is 0. The quantitative estimate of drug-likeness (QED) is 0.654. The van der Waals surface area contributed by atoms with Gasteiger partial charge < -0.3 is 4.74 Å². The molecule has 0 bridgehead atoms. The van der Waals surface area contributed by atoms with E-state index in [-0.39, 0.29) is 11.3 Å². The Labute approximate surface area is 157 Å². The van der Waals surface area contributed by atoms with Gasteiger partial charge in [-0.05, 0) is 42.0 Å². The molecule has 5 nitrogen and oxygen atoms in total. The summed E-state index contributed by atoms with van der Waals surface area (Å²) in [5.74, 6) is -1.29. The van der Waals surface area contributed by atoms with E-state index in [1.807, 2.05) is 0 Å². The Kier molecular flexibility index (Phi) is 5.09. The third-order valence-corrected chi connectivity index (χ3v) is 4.55. The summed E-state index contributed by atoms with van der Waals surface area (Å²) in [7, 11) is -4.17. The average molecular weight is 412 g/mol. The molecule has 0 spiro atoms. The van der Waals surface area contributed by atoms with Crippen molar-refractivity contribution in [2.75, 3.05) is 0 Å². The third kappa shape index (κ3) is 4.65. The molecule has 3 aromatic rings. The highest BCUT2D eigenvalue weighted by Gasteiger charge is 2.31. The lowest BCUT2D eigenvalue weighted by atomic mass is 9.99. The van der Waals surface area contributed by atoms with Crippen LogP contribution in [0.5, 0.6) is 5.75 Å². The zero-order chi connectivity index (χ0) is 20.5. The van der Waals surface area contributed by atoms with Crippen LogP contribution < -0.4 is 9.88 Å². The molecule has 0 saturated heterocycles. The number of rotatable bonds is 4. The van der Waals surface area contributed by atoms with Crippen LogP contribution >= 0.6 is 0 Å². The summed E-state index contributed by atoms with van der Waals surface area (Å²) < 4.78 is 78.4. The van der Waals surface area contributed by atoms with Gasteiger partial charge in [-0.25, -0.2) is 17.9 Å². The molecule has 2 aromatic carbocycles. The van der Waals surface area contributed by atoms with Gasteiger partial charge in [-0.2, -0.15) is 0 Å². The van der Waals surface area contributed by atoms with Crippen molar-refractivity contribution in [1.82, 2.24) is 4.98 Å². The summed E-state index contributed by atoms with van der Waals surface area (Å²) in [4.78, 5) is 3.68. The highest BCUT2D eigenvalue weighted by atomic mass is 32.2. The van der Waals surface area contributed by atoms with Crippen molar-refractivity contribution in [3.8, 4) is 28.1 Å². The molecule has 0 saturated carbocycles. The second-order valence-corrected chi connectivity index (χ2v) is 7.26. The van der Waals surface area contributed by atoms with Crippen molar-refractivity contribution in [3.63, 3.8) is 0 Å². The summed E-state index contributed by atoms with van der Waals surface area (Å²) in [6.07, 6.45) is -3.47. The van der Waals surface area contributed by atoms with Crippen molar-refractivity contribution in [3.05, 3.63) is 66.6 Å². The maximum atomic E-state index is 13.9. The maximum Gasteiger partial charge on any atom is 0.573 e. The van der Waals surface area contributed by atoms with E-state index in [1.54, 1.807) is 6.07 Å². The SMILES string of the molecule is NS(=O)(=O)c1cc(F)cc(-c2ncccc2-c2cccc(OC(F)(F)F)c2)c1. The van der Waals surface area contributed by atoms with Crippen molar-refractivity contribution >= 4 is 10.0 Å². The van der Waals surface area contributed by atoms with Crippen molar-refractivity contribution < 1.29 is 30.7 Å². The molecule has 1 aromatic heterocycles. The van der Waals surface area contributed by atoms with Crippen LogP contribution in [0.1, 0.15) is 0 Å². The molecule has 0 unspecified atom stereocenters. The lowest BCUT2D eigenvalue weighted by Crippen LogP contribution is -2.17. The first kappa shape index (κ1) is 19.8. The first-order valence-corrected chi connectivity index (χ1v) is 9.22. The number of benzene rings is 2. The first-order chi connectivity index (χ1) is 13.0. The molecule has 3 rings (SSSR count). The van der Waals surface area contributed by atoms with Crippen LogP contribution in [0.15, 0.2) is 65.7 Å². The minimum Gasteiger partial charge on any atom is -0.406 e. The number of alkyl halides is 3. The van der Waals surface area contributed by atoms with E-state index >= 15 is 0 Å². The Bertz CT molecular complexity index is 1130. The van der Waals surface area contributed by atoms with Gasteiger partial charge in [0, 0.05) is 17.3 Å². The van der Waals surface area contributed by atoms with E-state index in [0.29, 0.717) is 11.1 Å². The Balaban J connectivity index is 2.14. The van der Waals surface area contributed by atoms with Crippen LogP contribution in [0.25, 0.3) is 22.4 Å². The Morgan fingerprint density at radius 3 is 2.39 bits per heavy atom. The van der Waals surface area contributed by atoms with Crippen LogP contribution in [0.2, 0.25) is 0 Å². The Hall–Kier alpha value is -2.98. The molecule has 2 N–H and O–H groups in total. The van der Waals surface area contributed by atoms with Crippen LogP contribution in [0, 0.1) is 5.82 Å². The molecule has 0 aliphatic carbocycles. The van der Waals surface area contributed by atoms with Gasteiger partial charge in [-0.3, -0.25) is 4.98 Å². The standard InChI is InChI=1S/C18H12F4N2O3S/c19-13-7-12(9-15(10-13)28(23,25)26)17-16(5-2-6-24-17)11-3-1-4-14(8-11)27-18(20,21)22/h1-10H,(H2,23,25,26). The molecule has 10 heteroatoms. The number of hydrogen-bond acceptors (Lipinski definition) is 4. The highest BCUT2D eigenvalue weighted by Crippen LogP contribution is 2.34. The summed E-state index contributed by atoms with van der Waals surface area (Å²) in [6, 6.07) is 11.2. The monoisotopic (exact) mass is 412 g/mol. The summed E-state index contributed by atoms with van der Waals surface area (Å²) in [5.41, 5.74) is 0.921. The van der Waals surface area contributed by atoms with Gasteiger partial charge in [0.25, 0.3) is 0 Å². The largest absolute Gasteiger partial charge is 0.573 e. The molecule has 0 radical (unpaired) electrons. The van der Waals surface area contributed by atoms with Gasteiger partial charge in [0.1, 0.15) is 11.6 Å². The zero-order valence-corrected chi connectivity index (χ0v) is 14.8. The van der Waals surface area contributed by atoms with E-state index in [2.05, 4.69) is 9.72 Å². The Morgan fingerprint density at radius 1 is 0.964 bits per heavy atom. The molecule has 0 fully saturated rings. The molecular weight excluding hydrogens is 400 g/mol. The topological polar surface area (TPSA) is 82.3 Å². The molecule has 1 heterocycles. The fourth-order valence-corrected chi connectivity index (χ4v) is 3.16. The molecule has 0 amide bonds. The number of aromatic nitrogens is 1. The molecule has 0 aliphatic heterocycles. The fourth-order valence-electron chi connectivity index (χ4n) is 2.59. The molecular formula is C18H12F4N2O3S. The van der Waals surface area contributed by atoms with Crippen LogP contribution in [0.4, 0.5) is 17.6 Å². The maximum absolute atomic E-state index is 13.9. The van der Waals surface area contributed by atoms with Crippen molar-refractivity contribution in [2.24, 2.45) is 5.14 Å². The van der Waals surface area contributed by atoms with Gasteiger partial charge in [0.05, 0.1) is 10.6 Å². The minimum absolute atomic E-state index is 0.0989. The number of primary sulfonamides is 1. The second-order valence-electron chi connectivity index (χ2n) is 5.70. The normalized spacial score (nSPS) is 12.0. The predicted octanol–water partition coefficient (Wildman–Crippen LogP) is 4.10.